The molecular weight excluding hydrogens is 602 g/mol. The summed E-state index contributed by atoms with van der Waals surface area (Å²) in [6.45, 7) is 0.616. The van der Waals surface area contributed by atoms with Crippen molar-refractivity contribution in [1.29, 1.82) is 0 Å². The number of nitrogens with zero attached hydrogens (tertiary/aromatic N) is 1. The molecule has 242 valence electrons. The van der Waals surface area contributed by atoms with Crippen LogP contribution < -0.4 is 9.47 Å². The van der Waals surface area contributed by atoms with Gasteiger partial charge in [0, 0.05) is 5.56 Å². The average Bonchev–Trinajstić information content (AvgIpc) is 3.15. The fourth-order valence-corrected chi connectivity index (χ4v) is 5.85. The molecule has 0 N–H and O–H groups in total. The number of hydrogen-bond acceptors (Lipinski definition) is 7. The van der Waals surface area contributed by atoms with Gasteiger partial charge in [-0.2, -0.15) is 0 Å². The predicted molar refractivity (Wildman–Crippen MR) is 184 cm³/mol. The minimum absolute atomic E-state index is 0.299. The second-order valence-corrected chi connectivity index (χ2v) is 11.8. The van der Waals surface area contributed by atoms with Crippen molar-refractivity contribution < 1.29 is 28.6 Å². The highest BCUT2D eigenvalue weighted by Gasteiger charge is 2.43. The summed E-state index contributed by atoms with van der Waals surface area (Å²) in [5, 5.41) is 4.32. The third kappa shape index (κ3) is 8.17. The Kier molecular flexibility index (Phi) is 10.6. The lowest BCUT2D eigenvalue weighted by molar-refractivity contribution is -0.142. The van der Waals surface area contributed by atoms with Crippen molar-refractivity contribution in [1.82, 2.24) is 0 Å². The Balaban J connectivity index is 1.15. The molecule has 1 aliphatic rings. The standard InChI is InChI=1S/C41H37NO6/c43-39(34-17-9-3-10-18-34)47-36-25-21-35(22-26-36)41(27-11-4-12-28-41)40(44)48-37-23-19-33(20-24-37)38(45-29-31-13-5-1-6-14-31)42-46-30-32-15-7-2-8-16-32/h1-3,5-10,13-26H,4,11-12,27-30H2. The first-order valence-electron chi connectivity index (χ1n) is 16.2. The van der Waals surface area contributed by atoms with E-state index in [9.17, 15) is 9.59 Å². The van der Waals surface area contributed by atoms with Crippen LogP contribution in [-0.2, 0) is 33.0 Å². The molecule has 1 fully saturated rings. The smallest absolute Gasteiger partial charge is 0.343 e. The second kappa shape index (κ2) is 15.7. The van der Waals surface area contributed by atoms with E-state index in [1.54, 1.807) is 48.5 Å². The van der Waals surface area contributed by atoms with Crippen LogP contribution in [0.15, 0.2) is 145 Å². The summed E-state index contributed by atoms with van der Waals surface area (Å²) in [5.41, 5.74) is 3.20. The molecule has 6 rings (SSSR count). The third-order valence-electron chi connectivity index (χ3n) is 8.48. The van der Waals surface area contributed by atoms with Gasteiger partial charge in [0.25, 0.3) is 5.90 Å². The van der Waals surface area contributed by atoms with Gasteiger partial charge in [0.2, 0.25) is 0 Å². The Morgan fingerprint density at radius 1 is 0.562 bits per heavy atom. The first-order chi connectivity index (χ1) is 23.6. The summed E-state index contributed by atoms with van der Waals surface area (Å²) >= 11 is 0. The molecular formula is C41H37NO6. The molecule has 0 aromatic heterocycles. The Bertz CT molecular complexity index is 1800. The molecule has 0 unspecified atom stereocenters. The normalized spacial score (nSPS) is 14.0. The van der Waals surface area contributed by atoms with Gasteiger partial charge in [-0.25, -0.2) is 4.79 Å². The largest absolute Gasteiger partial charge is 0.470 e. The first kappa shape index (κ1) is 32.3. The van der Waals surface area contributed by atoms with Gasteiger partial charge in [0.05, 0.1) is 11.0 Å². The maximum atomic E-state index is 13.9. The molecule has 0 radical (unpaired) electrons. The van der Waals surface area contributed by atoms with Gasteiger partial charge in [-0.15, -0.1) is 0 Å². The fraction of sp³-hybridized carbons (Fsp3) is 0.195. The first-order valence-corrected chi connectivity index (χ1v) is 16.2. The van der Waals surface area contributed by atoms with Crippen molar-refractivity contribution in [2.24, 2.45) is 5.16 Å². The lowest BCUT2D eigenvalue weighted by atomic mass is 9.69. The van der Waals surface area contributed by atoms with Crippen molar-refractivity contribution in [3.8, 4) is 11.5 Å². The van der Waals surface area contributed by atoms with E-state index in [0.29, 0.717) is 54.6 Å². The Morgan fingerprint density at radius 2 is 1.10 bits per heavy atom. The number of rotatable bonds is 11. The zero-order chi connectivity index (χ0) is 33.0. The van der Waals surface area contributed by atoms with E-state index < -0.39 is 11.4 Å². The van der Waals surface area contributed by atoms with Gasteiger partial charge in [-0.1, -0.05) is 110 Å². The number of ether oxygens (including phenoxy) is 3. The van der Waals surface area contributed by atoms with E-state index in [-0.39, 0.29) is 5.97 Å². The van der Waals surface area contributed by atoms with Crippen LogP contribution in [0.1, 0.15) is 64.7 Å². The van der Waals surface area contributed by atoms with E-state index in [1.807, 2.05) is 91.0 Å². The average molecular weight is 640 g/mol. The quantitative estimate of drug-likeness (QED) is 0.0472. The van der Waals surface area contributed by atoms with Crippen LogP contribution in [-0.4, -0.2) is 17.8 Å². The summed E-state index contributed by atoms with van der Waals surface area (Å²) in [4.78, 5) is 32.1. The zero-order valence-electron chi connectivity index (χ0n) is 26.6. The van der Waals surface area contributed by atoms with Crippen molar-refractivity contribution in [2.75, 3.05) is 0 Å². The van der Waals surface area contributed by atoms with Crippen LogP contribution >= 0.6 is 0 Å². The molecule has 48 heavy (non-hydrogen) atoms. The molecule has 7 nitrogen and oxygen atoms in total. The fourth-order valence-electron chi connectivity index (χ4n) is 5.85. The summed E-state index contributed by atoms with van der Waals surface area (Å²) in [6, 6.07) is 42.8. The van der Waals surface area contributed by atoms with Crippen LogP contribution in [0.4, 0.5) is 0 Å². The van der Waals surface area contributed by atoms with Crippen LogP contribution in [0.25, 0.3) is 0 Å². The SMILES string of the molecule is O=C(Oc1ccc(C2(C(=O)Oc3ccc(C(=NOCc4ccccc4)OCc4ccccc4)cc3)CCCCC2)cc1)c1ccccc1. The molecule has 5 aromatic carbocycles. The molecule has 0 heterocycles. The molecule has 7 heteroatoms. The van der Waals surface area contributed by atoms with Crippen molar-refractivity contribution in [3.05, 3.63) is 167 Å². The number of oxime groups is 1. The van der Waals surface area contributed by atoms with Crippen LogP contribution in [0.3, 0.4) is 0 Å². The van der Waals surface area contributed by atoms with Crippen LogP contribution in [0, 0.1) is 0 Å². The summed E-state index contributed by atoms with van der Waals surface area (Å²) in [7, 11) is 0. The molecule has 0 atom stereocenters. The predicted octanol–water partition coefficient (Wildman–Crippen LogP) is 8.81. The second-order valence-electron chi connectivity index (χ2n) is 11.8. The molecule has 0 amide bonds. The van der Waals surface area contributed by atoms with Crippen molar-refractivity contribution >= 4 is 17.8 Å². The Morgan fingerprint density at radius 3 is 1.73 bits per heavy atom. The monoisotopic (exact) mass is 639 g/mol. The van der Waals surface area contributed by atoms with Gasteiger partial charge in [0.15, 0.2) is 0 Å². The summed E-state index contributed by atoms with van der Waals surface area (Å²) < 4.78 is 17.7. The molecule has 0 bridgehead atoms. The van der Waals surface area contributed by atoms with Gasteiger partial charge in [0.1, 0.15) is 24.7 Å². The van der Waals surface area contributed by atoms with E-state index in [4.69, 9.17) is 19.0 Å². The minimum atomic E-state index is -0.796. The molecule has 5 aromatic rings. The summed E-state index contributed by atoms with van der Waals surface area (Å²) in [5.74, 6) is 0.436. The van der Waals surface area contributed by atoms with Gasteiger partial charge in [-0.05, 0) is 83.2 Å². The van der Waals surface area contributed by atoms with E-state index in [2.05, 4.69) is 5.16 Å². The van der Waals surface area contributed by atoms with Gasteiger partial charge in [-0.3, -0.25) is 4.79 Å². The molecule has 1 aliphatic carbocycles. The molecule has 1 saturated carbocycles. The van der Waals surface area contributed by atoms with E-state index >= 15 is 0 Å². The summed E-state index contributed by atoms with van der Waals surface area (Å²) in [6.07, 6.45) is 4.25. The lowest BCUT2D eigenvalue weighted by Crippen LogP contribution is -2.41. The highest BCUT2D eigenvalue weighted by molar-refractivity contribution is 5.94. The van der Waals surface area contributed by atoms with Crippen LogP contribution in [0.2, 0.25) is 0 Å². The Hall–Kier alpha value is -5.69. The van der Waals surface area contributed by atoms with Crippen molar-refractivity contribution in [2.45, 2.75) is 50.7 Å². The lowest BCUT2D eigenvalue weighted by Gasteiger charge is -2.35. The number of esters is 2. The highest BCUT2D eigenvalue weighted by Crippen LogP contribution is 2.41. The van der Waals surface area contributed by atoms with E-state index in [1.165, 1.54) is 0 Å². The molecule has 0 spiro atoms. The number of carbonyl (C=O) groups excluding carboxylic acids is 2. The van der Waals surface area contributed by atoms with Gasteiger partial charge >= 0.3 is 11.9 Å². The number of benzene rings is 5. The molecule has 0 aliphatic heterocycles. The zero-order valence-corrected chi connectivity index (χ0v) is 26.6. The maximum Gasteiger partial charge on any atom is 0.343 e. The Labute approximate surface area is 280 Å². The number of hydrogen-bond donors (Lipinski definition) is 0. The molecule has 0 saturated heterocycles. The maximum absolute atomic E-state index is 13.9. The highest BCUT2D eigenvalue weighted by atomic mass is 16.6. The van der Waals surface area contributed by atoms with Crippen LogP contribution in [0.5, 0.6) is 11.5 Å². The topological polar surface area (TPSA) is 83.4 Å². The van der Waals surface area contributed by atoms with E-state index in [0.717, 1.165) is 36.0 Å². The minimum Gasteiger partial charge on any atom is -0.470 e. The number of carbonyl (C=O) groups is 2. The van der Waals surface area contributed by atoms with Crippen molar-refractivity contribution in [3.63, 3.8) is 0 Å². The third-order valence-corrected chi connectivity index (χ3v) is 8.48. The van der Waals surface area contributed by atoms with Gasteiger partial charge < -0.3 is 19.0 Å².